The van der Waals surface area contributed by atoms with E-state index >= 15 is 0 Å². The molecule has 0 atom stereocenters. The van der Waals surface area contributed by atoms with E-state index in [9.17, 15) is 19.2 Å². The number of carbonyl (C=O) groups is 4. The van der Waals surface area contributed by atoms with E-state index < -0.39 is 30.8 Å². The van der Waals surface area contributed by atoms with Gasteiger partial charge in [-0.3, -0.25) is 19.2 Å². The summed E-state index contributed by atoms with van der Waals surface area (Å²) in [6.45, 7) is 0.315. The van der Waals surface area contributed by atoms with Gasteiger partial charge in [0.05, 0.1) is 0 Å². The second kappa shape index (κ2) is 7.79. The van der Waals surface area contributed by atoms with Crippen molar-refractivity contribution in [2.75, 3.05) is 0 Å². The van der Waals surface area contributed by atoms with Crippen LogP contribution in [0.4, 0.5) is 0 Å². The van der Waals surface area contributed by atoms with Crippen LogP contribution in [-0.4, -0.2) is 30.8 Å². The van der Waals surface area contributed by atoms with Crippen LogP contribution in [0.25, 0.3) is 0 Å². The molecule has 0 aromatic carbocycles. The summed E-state index contributed by atoms with van der Waals surface area (Å²) in [5, 5.41) is 0. The van der Waals surface area contributed by atoms with Gasteiger partial charge in [-0.1, -0.05) is 0 Å². The Bertz CT molecular complexity index is 285. The molecule has 0 amide bonds. The Hall–Kier alpha value is -1.46. The second-order valence-corrected chi connectivity index (χ2v) is 3.02. The van der Waals surface area contributed by atoms with Gasteiger partial charge in [-0.15, -0.1) is 0 Å². The Balaban J connectivity index is 0. The fourth-order valence-electron chi connectivity index (χ4n) is 0.957. The van der Waals surface area contributed by atoms with E-state index in [-0.39, 0.29) is 18.9 Å². The van der Waals surface area contributed by atoms with Crippen molar-refractivity contribution in [1.29, 1.82) is 0 Å². The van der Waals surface area contributed by atoms with Gasteiger partial charge in [0, 0.05) is 27.7 Å². The zero-order valence-corrected chi connectivity index (χ0v) is 10.8. The van der Waals surface area contributed by atoms with E-state index in [1.807, 2.05) is 0 Å². The topological polar surface area (TPSA) is 105 Å². The Labute approximate surface area is 115 Å². The van der Waals surface area contributed by atoms with Crippen LogP contribution in [0.1, 0.15) is 27.7 Å². The molecule has 0 spiro atoms. The molecule has 0 aliphatic heterocycles. The van der Waals surface area contributed by atoms with E-state index in [0.29, 0.717) is 0 Å². The summed E-state index contributed by atoms with van der Waals surface area (Å²) in [4.78, 5) is 43.3. The van der Waals surface area contributed by atoms with Gasteiger partial charge in [0.1, 0.15) is 0 Å². The van der Waals surface area contributed by atoms with Crippen LogP contribution in [0.15, 0.2) is 0 Å². The predicted molar refractivity (Wildman–Crippen MR) is 52.8 cm³/mol. The maximum absolute atomic E-state index is 10.8. The third-order valence-electron chi connectivity index (χ3n) is 1.24. The van der Waals surface area contributed by atoms with Gasteiger partial charge in [-0.25, -0.2) is 0 Å². The molecule has 10 heteroatoms. The molecule has 0 aliphatic rings. The number of carbonyl (C=O) groups excluding carboxylic acids is 4. The molecule has 18 heavy (non-hydrogen) atoms. The first-order chi connectivity index (χ1) is 7.67. The van der Waals surface area contributed by atoms with Crippen LogP contribution in [0.5, 0.6) is 0 Å². The monoisotopic (exact) mass is 254 g/mol. The summed E-state index contributed by atoms with van der Waals surface area (Å²) in [5.74, 6) is -3.80. The number of hydrogen-bond acceptors (Lipinski definition) is 8. The van der Waals surface area contributed by atoms with Gasteiger partial charge in [0.25, 0.3) is 23.9 Å². The molecule has 0 rings (SSSR count). The molecule has 96 valence electrons. The molecule has 0 saturated heterocycles. The van der Waals surface area contributed by atoms with Crippen molar-refractivity contribution in [3.63, 3.8) is 0 Å². The van der Waals surface area contributed by atoms with E-state index in [1.54, 1.807) is 0 Å². The Kier molecular flexibility index (Phi) is 8.18. The first-order valence-electron chi connectivity index (χ1n) is 4.58. The molecule has 0 bridgehead atoms. The van der Waals surface area contributed by atoms with Crippen molar-refractivity contribution in [3.05, 3.63) is 0 Å². The minimum Gasteiger partial charge on any atom is -0.585 e. The number of hydrogen-bond donors (Lipinski definition) is 0. The summed E-state index contributed by atoms with van der Waals surface area (Å²) >= 11 is 0. The molecule has 0 saturated carbocycles. The van der Waals surface area contributed by atoms with Crippen molar-refractivity contribution in [2.45, 2.75) is 27.7 Å². The summed E-state index contributed by atoms with van der Waals surface area (Å²) < 4.78 is 17.9. The van der Waals surface area contributed by atoms with Crippen molar-refractivity contribution < 1.29 is 56.7 Å². The third kappa shape index (κ3) is 7.76. The van der Waals surface area contributed by atoms with E-state index in [0.717, 1.165) is 27.7 Å². The SMILES string of the molecule is CC(=O)O[B-](OC(C)=O)(OC(C)=O)OC(C)=O.[Li+]. The van der Waals surface area contributed by atoms with E-state index in [4.69, 9.17) is 0 Å². The van der Waals surface area contributed by atoms with Crippen LogP contribution in [0, 0.1) is 0 Å². The van der Waals surface area contributed by atoms with Gasteiger partial charge in [0.2, 0.25) is 0 Å². The standard InChI is InChI=1S/C8H12BO8.Li/c1-5(10)14-9(15-6(2)11,16-7(3)12)17-8(4)13;/h1-4H3;/q-1;+1. The van der Waals surface area contributed by atoms with Crippen molar-refractivity contribution >= 4 is 30.8 Å². The van der Waals surface area contributed by atoms with Crippen molar-refractivity contribution in [3.8, 4) is 0 Å². The second-order valence-electron chi connectivity index (χ2n) is 3.02. The maximum atomic E-state index is 10.8. The number of rotatable bonds is 4. The van der Waals surface area contributed by atoms with Gasteiger partial charge in [-0.05, 0) is 0 Å². The summed E-state index contributed by atoms with van der Waals surface area (Å²) in [6, 6.07) is 0. The average Bonchev–Trinajstić information content (AvgIpc) is 1.95. The molecule has 0 fully saturated rings. The van der Waals surface area contributed by atoms with Crippen LogP contribution in [-0.2, 0) is 37.8 Å². The molecule has 8 nitrogen and oxygen atoms in total. The largest absolute Gasteiger partial charge is 1.00 e. The first kappa shape index (κ1) is 18.9. The zero-order chi connectivity index (χ0) is 13.6. The average molecular weight is 254 g/mol. The molecule has 0 radical (unpaired) electrons. The fraction of sp³-hybridized carbons (Fsp3) is 0.500. The van der Waals surface area contributed by atoms with Gasteiger partial charge < -0.3 is 18.6 Å². The molecule has 0 aromatic heterocycles. The Morgan fingerprint density at radius 3 is 0.889 bits per heavy atom. The van der Waals surface area contributed by atoms with E-state index in [1.165, 1.54) is 0 Å². The van der Waals surface area contributed by atoms with Crippen LogP contribution in [0.3, 0.4) is 0 Å². The van der Waals surface area contributed by atoms with Crippen molar-refractivity contribution in [2.24, 2.45) is 0 Å². The molecule has 0 N–H and O–H groups in total. The quantitative estimate of drug-likeness (QED) is 0.480. The van der Waals surface area contributed by atoms with Gasteiger partial charge in [-0.2, -0.15) is 0 Å². The summed E-state index contributed by atoms with van der Waals surface area (Å²) in [6.07, 6.45) is 0. The maximum Gasteiger partial charge on any atom is 1.00 e. The summed E-state index contributed by atoms with van der Waals surface area (Å²) in [5.41, 5.74) is 0. The molecule has 0 unspecified atom stereocenters. The first-order valence-corrected chi connectivity index (χ1v) is 4.58. The molecule has 0 aliphatic carbocycles. The van der Waals surface area contributed by atoms with Crippen LogP contribution >= 0.6 is 0 Å². The Morgan fingerprint density at radius 1 is 0.611 bits per heavy atom. The zero-order valence-electron chi connectivity index (χ0n) is 10.8. The van der Waals surface area contributed by atoms with Crippen LogP contribution in [0.2, 0.25) is 0 Å². The third-order valence-corrected chi connectivity index (χ3v) is 1.24. The Morgan fingerprint density at radius 2 is 0.778 bits per heavy atom. The minimum absolute atomic E-state index is 0. The normalized spacial score (nSPS) is 9.56. The minimum atomic E-state index is -3.55. The fourth-order valence-corrected chi connectivity index (χ4v) is 0.957. The van der Waals surface area contributed by atoms with E-state index in [2.05, 4.69) is 18.6 Å². The molecular weight excluding hydrogens is 242 g/mol. The predicted octanol–water partition coefficient (Wildman–Crippen LogP) is -3.32. The van der Waals surface area contributed by atoms with Crippen LogP contribution < -0.4 is 18.9 Å². The molecule has 0 heterocycles. The van der Waals surface area contributed by atoms with Crippen molar-refractivity contribution in [1.82, 2.24) is 0 Å². The molecule has 0 aromatic rings. The van der Waals surface area contributed by atoms with Gasteiger partial charge >= 0.3 is 25.8 Å². The smallest absolute Gasteiger partial charge is 0.585 e. The summed E-state index contributed by atoms with van der Waals surface area (Å²) in [7, 11) is 0. The van der Waals surface area contributed by atoms with Gasteiger partial charge in [0.15, 0.2) is 0 Å². The molecular formula is C8H12BLiO8.